The van der Waals surface area contributed by atoms with Gasteiger partial charge in [0.15, 0.2) is 5.41 Å². The molecule has 1 aliphatic heterocycles. The van der Waals surface area contributed by atoms with Crippen LogP contribution in [0.15, 0.2) is 58.2 Å². The standard InChI is InChI=1S/C15H12N2O3/c1-20-12-7-3-2-5-10(12)15(14(18)19)8-4-6-11-13(15)17-9-16-11/h2-9H,1H3,(H,18,19). The van der Waals surface area contributed by atoms with Gasteiger partial charge in [-0.25, -0.2) is 9.98 Å². The Morgan fingerprint density at radius 2 is 2.15 bits per heavy atom. The van der Waals surface area contributed by atoms with E-state index in [4.69, 9.17) is 4.74 Å². The van der Waals surface area contributed by atoms with E-state index >= 15 is 0 Å². The molecule has 1 atom stereocenters. The largest absolute Gasteiger partial charge is 0.496 e. The van der Waals surface area contributed by atoms with E-state index in [0.29, 0.717) is 22.7 Å². The molecule has 1 aromatic carbocycles. The Bertz CT molecular complexity index is 701. The Hall–Kier alpha value is -2.69. The normalized spacial score (nSPS) is 23.1. The molecule has 0 radical (unpaired) electrons. The number of carboxylic acid groups (broad SMARTS) is 1. The SMILES string of the molecule is COc1ccccc1C1(C(=O)O)C=CC=C2N=CN=C21. The van der Waals surface area contributed by atoms with Crippen molar-refractivity contribution in [2.24, 2.45) is 9.98 Å². The van der Waals surface area contributed by atoms with Gasteiger partial charge in [-0.2, -0.15) is 0 Å². The first-order valence-corrected chi connectivity index (χ1v) is 6.08. The molecule has 20 heavy (non-hydrogen) atoms. The second-order valence-corrected chi connectivity index (χ2v) is 4.45. The third kappa shape index (κ3) is 1.53. The summed E-state index contributed by atoms with van der Waals surface area (Å²) in [6, 6.07) is 7.06. The topological polar surface area (TPSA) is 71.2 Å². The van der Waals surface area contributed by atoms with Crippen LogP contribution in [0, 0.1) is 0 Å². The smallest absolute Gasteiger partial charge is 0.324 e. The van der Waals surface area contributed by atoms with Crippen LogP contribution in [-0.4, -0.2) is 30.2 Å². The van der Waals surface area contributed by atoms with Crippen LogP contribution in [0.1, 0.15) is 5.56 Å². The molecule has 0 aromatic heterocycles. The average Bonchev–Trinajstić information content (AvgIpc) is 2.95. The molecule has 0 fully saturated rings. The third-order valence-corrected chi connectivity index (χ3v) is 3.47. The summed E-state index contributed by atoms with van der Waals surface area (Å²) in [6.45, 7) is 0. The lowest BCUT2D eigenvalue weighted by Crippen LogP contribution is -2.43. The first kappa shape index (κ1) is 12.3. The highest BCUT2D eigenvalue weighted by molar-refractivity contribution is 6.25. The highest BCUT2D eigenvalue weighted by atomic mass is 16.5. The van der Waals surface area contributed by atoms with Crippen LogP contribution >= 0.6 is 0 Å². The molecule has 5 nitrogen and oxygen atoms in total. The summed E-state index contributed by atoms with van der Waals surface area (Å²) in [4.78, 5) is 20.3. The monoisotopic (exact) mass is 268 g/mol. The van der Waals surface area contributed by atoms with Gasteiger partial charge < -0.3 is 9.84 Å². The van der Waals surface area contributed by atoms with Crippen molar-refractivity contribution in [3.05, 3.63) is 53.8 Å². The van der Waals surface area contributed by atoms with Crippen molar-refractivity contribution >= 4 is 18.0 Å². The molecule has 3 rings (SSSR count). The van der Waals surface area contributed by atoms with Crippen molar-refractivity contribution in [1.82, 2.24) is 0 Å². The van der Waals surface area contributed by atoms with Crippen LogP contribution in [0.2, 0.25) is 0 Å². The molecular weight excluding hydrogens is 256 g/mol. The molecule has 0 spiro atoms. The number of aliphatic carboxylic acids is 1. The maximum absolute atomic E-state index is 12.0. The summed E-state index contributed by atoms with van der Waals surface area (Å²) in [7, 11) is 1.52. The number of allylic oxidation sites excluding steroid dienone is 3. The van der Waals surface area contributed by atoms with Crippen LogP contribution in [0.4, 0.5) is 0 Å². The number of aliphatic imine (C=N–C) groups is 2. The van der Waals surface area contributed by atoms with Crippen LogP contribution in [0.25, 0.3) is 0 Å². The number of methoxy groups -OCH3 is 1. The minimum atomic E-state index is -1.37. The van der Waals surface area contributed by atoms with Gasteiger partial charge in [0.05, 0.1) is 18.5 Å². The molecule has 0 amide bonds. The quantitative estimate of drug-likeness (QED) is 0.910. The number of benzene rings is 1. The van der Waals surface area contributed by atoms with E-state index < -0.39 is 11.4 Å². The Morgan fingerprint density at radius 1 is 1.35 bits per heavy atom. The van der Waals surface area contributed by atoms with Gasteiger partial charge in [-0.05, 0) is 12.1 Å². The average molecular weight is 268 g/mol. The minimum absolute atomic E-state index is 0.414. The van der Waals surface area contributed by atoms with Crippen molar-refractivity contribution in [1.29, 1.82) is 0 Å². The zero-order chi connectivity index (χ0) is 14.2. The van der Waals surface area contributed by atoms with E-state index in [-0.39, 0.29) is 0 Å². The van der Waals surface area contributed by atoms with Crippen LogP contribution in [0.5, 0.6) is 5.75 Å². The molecule has 0 bridgehead atoms. The van der Waals surface area contributed by atoms with E-state index in [9.17, 15) is 9.90 Å². The first-order chi connectivity index (χ1) is 9.70. The maximum Gasteiger partial charge on any atom is 0.324 e. The molecular formula is C15H12N2O3. The second-order valence-electron chi connectivity index (χ2n) is 4.45. The number of carbonyl (C=O) groups is 1. The summed E-state index contributed by atoms with van der Waals surface area (Å²) < 4.78 is 5.31. The Kier molecular flexibility index (Phi) is 2.75. The van der Waals surface area contributed by atoms with Gasteiger partial charge in [0, 0.05) is 5.56 Å². The van der Waals surface area contributed by atoms with Gasteiger partial charge in [-0.1, -0.05) is 30.4 Å². The highest BCUT2D eigenvalue weighted by Crippen LogP contribution is 2.40. The van der Waals surface area contributed by atoms with Crippen molar-refractivity contribution in [2.45, 2.75) is 5.41 Å². The van der Waals surface area contributed by atoms with E-state index in [0.717, 1.165) is 0 Å². The molecule has 2 aliphatic rings. The lowest BCUT2D eigenvalue weighted by atomic mass is 9.72. The molecule has 1 heterocycles. The molecule has 0 saturated carbocycles. The summed E-state index contributed by atoms with van der Waals surface area (Å²) in [6.07, 6.45) is 6.43. The first-order valence-electron chi connectivity index (χ1n) is 6.08. The zero-order valence-electron chi connectivity index (χ0n) is 10.8. The summed E-state index contributed by atoms with van der Waals surface area (Å²) in [5.74, 6) is -0.497. The van der Waals surface area contributed by atoms with E-state index in [1.807, 2.05) is 0 Å². The summed E-state index contributed by atoms with van der Waals surface area (Å²) in [5, 5.41) is 9.84. The summed E-state index contributed by atoms with van der Waals surface area (Å²) in [5.41, 5.74) is 0.159. The van der Waals surface area contributed by atoms with E-state index in [1.165, 1.54) is 13.4 Å². The van der Waals surface area contributed by atoms with Gasteiger partial charge in [0.1, 0.15) is 12.1 Å². The van der Waals surface area contributed by atoms with Crippen LogP contribution in [0.3, 0.4) is 0 Å². The van der Waals surface area contributed by atoms with Crippen LogP contribution in [-0.2, 0) is 10.2 Å². The number of hydrogen-bond donors (Lipinski definition) is 1. The molecule has 1 unspecified atom stereocenters. The second kappa shape index (κ2) is 4.45. The lowest BCUT2D eigenvalue weighted by Gasteiger charge is -2.30. The van der Waals surface area contributed by atoms with Crippen molar-refractivity contribution < 1.29 is 14.6 Å². The van der Waals surface area contributed by atoms with Gasteiger partial charge in [-0.3, -0.25) is 4.79 Å². The molecule has 1 N–H and O–H groups in total. The van der Waals surface area contributed by atoms with Crippen molar-refractivity contribution in [3.63, 3.8) is 0 Å². The van der Waals surface area contributed by atoms with E-state index in [2.05, 4.69) is 9.98 Å². The van der Waals surface area contributed by atoms with Gasteiger partial charge in [0.25, 0.3) is 0 Å². The predicted octanol–water partition coefficient (Wildman–Crippen LogP) is 1.95. The third-order valence-electron chi connectivity index (χ3n) is 3.47. The molecule has 0 saturated heterocycles. The van der Waals surface area contributed by atoms with E-state index in [1.54, 1.807) is 42.5 Å². The number of nitrogens with zero attached hydrogens (tertiary/aromatic N) is 2. The predicted molar refractivity (Wildman–Crippen MR) is 75.5 cm³/mol. The summed E-state index contributed by atoms with van der Waals surface area (Å²) >= 11 is 0. The zero-order valence-corrected chi connectivity index (χ0v) is 10.8. The molecule has 5 heteroatoms. The number of fused-ring (bicyclic) bond motifs is 1. The molecule has 1 aliphatic carbocycles. The lowest BCUT2D eigenvalue weighted by molar-refractivity contribution is -0.139. The fourth-order valence-corrected chi connectivity index (χ4v) is 2.54. The maximum atomic E-state index is 12.0. The fourth-order valence-electron chi connectivity index (χ4n) is 2.54. The number of carboxylic acids is 1. The fraction of sp³-hybridized carbons (Fsp3) is 0.133. The van der Waals surface area contributed by atoms with Crippen molar-refractivity contribution in [3.8, 4) is 5.75 Å². The van der Waals surface area contributed by atoms with Gasteiger partial charge >= 0.3 is 5.97 Å². The molecule has 1 aromatic rings. The Labute approximate surface area is 115 Å². The number of rotatable bonds is 3. The van der Waals surface area contributed by atoms with Gasteiger partial charge in [-0.15, -0.1) is 0 Å². The van der Waals surface area contributed by atoms with Crippen molar-refractivity contribution in [2.75, 3.05) is 7.11 Å². The highest BCUT2D eigenvalue weighted by Gasteiger charge is 2.48. The minimum Gasteiger partial charge on any atom is -0.496 e. The molecule has 100 valence electrons. The van der Waals surface area contributed by atoms with Gasteiger partial charge in [0.2, 0.25) is 0 Å². The Morgan fingerprint density at radius 3 is 2.90 bits per heavy atom. The van der Waals surface area contributed by atoms with Crippen LogP contribution < -0.4 is 4.74 Å². The number of ether oxygens (including phenoxy) is 1. The number of hydrogen-bond acceptors (Lipinski definition) is 4. The Balaban J connectivity index is 2.28. The number of para-hydroxylation sites is 1.